The molecule has 214 valence electrons. The fourth-order valence-electron chi connectivity index (χ4n) is 3.92. The molecule has 2 aliphatic rings. The Labute approximate surface area is 248 Å². The zero-order valence-corrected chi connectivity index (χ0v) is 24.3. The normalized spacial score (nSPS) is 18.6. The number of phenols is 2. The third-order valence-corrected chi connectivity index (χ3v) is 10.0. The average molecular weight is 636 g/mol. The molecule has 1 unspecified atom stereocenters. The minimum absolute atomic E-state index is 0.125. The van der Waals surface area contributed by atoms with Crippen LogP contribution < -0.4 is 11.1 Å². The highest BCUT2D eigenvalue weighted by Gasteiger charge is 2.54. The van der Waals surface area contributed by atoms with Gasteiger partial charge in [-0.15, -0.1) is 33.3 Å². The topological polar surface area (TPSA) is 213 Å². The molecule has 6 N–H and O–H groups in total. The molecule has 14 nitrogen and oxygen atoms in total. The first-order valence-electron chi connectivity index (χ1n) is 11.8. The molecule has 3 aromatic rings. The van der Waals surface area contributed by atoms with Crippen LogP contribution in [0.1, 0.15) is 12.6 Å². The third kappa shape index (κ3) is 5.81. The summed E-state index contributed by atoms with van der Waals surface area (Å²) in [5.41, 5.74) is 6.71. The summed E-state index contributed by atoms with van der Waals surface area (Å²) < 4.78 is 0.556. The average Bonchev–Trinajstić information content (AvgIpc) is 3.60. The molecule has 0 aliphatic carbocycles. The van der Waals surface area contributed by atoms with E-state index in [-0.39, 0.29) is 46.1 Å². The van der Waals surface area contributed by atoms with Crippen LogP contribution in [-0.2, 0) is 19.2 Å². The number of carboxylic acid groups (broad SMARTS) is 1. The molecule has 5 rings (SSSR count). The van der Waals surface area contributed by atoms with Gasteiger partial charge in [0.1, 0.15) is 34.4 Å². The Morgan fingerprint density at radius 3 is 2.78 bits per heavy atom. The maximum Gasteiger partial charge on any atom is 0.352 e. The second-order valence-corrected chi connectivity index (χ2v) is 12.6. The molecule has 1 saturated heterocycles. The number of β-lactam (4-membered cyclic amide) rings is 1. The number of nitrogens with one attached hydrogen (secondary N) is 1. The number of carbonyl (C=O) groups is 3. The van der Waals surface area contributed by atoms with Gasteiger partial charge in [0.15, 0.2) is 26.7 Å². The number of hydrogen-bond donors (Lipinski definition) is 5. The summed E-state index contributed by atoms with van der Waals surface area (Å²) in [5.74, 6) is -2.48. The number of thioether (sulfide) groups is 2. The maximum absolute atomic E-state index is 13.1. The van der Waals surface area contributed by atoms with Crippen LogP contribution in [0.5, 0.6) is 11.5 Å². The second kappa shape index (κ2) is 11.9. The fourth-order valence-corrected chi connectivity index (χ4v) is 7.80. The summed E-state index contributed by atoms with van der Waals surface area (Å²) in [6, 6.07) is 3.34. The zero-order chi connectivity index (χ0) is 29.3. The van der Waals surface area contributed by atoms with E-state index in [2.05, 4.69) is 25.7 Å². The highest BCUT2D eigenvalue weighted by atomic mass is 32.2. The van der Waals surface area contributed by atoms with Crippen molar-refractivity contribution in [2.45, 2.75) is 22.7 Å². The van der Waals surface area contributed by atoms with E-state index in [9.17, 15) is 29.7 Å². The van der Waals surface area contributed by atoms with Crippen molar-refractivity contribution in [2.75, 3.05) is 23.8 Å². The number of oxime groups is 1. The van der Waals surface area contributed by atoms with Gasteiger partial charge in [-0.25, -0.2) is 9.78 Å². The van der Waals surface area contributed by atoms with Gasteiger partial charge in [-0.1, -0.05) is 28.3 Å². The van der Waals surface area contributed by atoms with Crippen LogP contribution in [0.2, 0.25) is 0 Å². The van der Waals surface area contributed by atoms with Crippen molar-refractivity contribution in [3.8, 4) is 22.1 Å². The first kappa shape index (κ1) is 28.7. The van der Waals surface area contributed by atoms with Crippen molar-refractivity contribution >= 4 is 74.8 Å². The Bertz CT molecular complexity index is 1590. The molecule has 0 saturated carbocycles. The van der Waals surface area contributed by atoms with Gasteiger partial charge < -0.3 is 31.2 Å². The van der Waals surface area contributed by atoms with E-state index in [0.717, 1.165) is 11.3 Å². The van der Waals surface area contributed by atoms with Gasteiger partial charge in [0, 0.05) is 22.4 Å². The molecule has 0 spiro atoms. The smallest absolute Gasteiger partial charge is 0.352 e. The molecule has 41 heavy (non-hydrogen) atoms. The number of rotatable bonds is 10. The second-order valence-electron chi connectivity index (χ2n) is 8.41. The number of anilines is 1. The van der Waals surface area contributed by atoms with Crippen LogP contribution in [-0.4, -0.2) is 88.4 Å². The molecule has 0 bridgehead atoms. The number of phenolic OH excluding ortho intramolecular Hbond substituents is 2. The summed E-state index contributed by atoms with van der Waals surface area (Å²) in [5, 5.41) is 45.6. The van der Waals surface area contributed by atoms with E-state index in [0.29, 0.717) is 26.2 Å². The predicted molar refractivity (Wildman–Crippen MR) is 154 cm³/mol. The first-order chi connectivity index (χ1) is 19.7. The number of aliphatic carboxylic acids is 1. The van der Waals surface area contributed by atoms with E-state index in [1.54, 1.807) is 18.4 Å². The Morgan fingerprint density at radius 2 is 2.10 bits per heavy atom. The molecule has 1 fully saturated rings. The lowest BCUT2D eigenvalue weighted by Gasteiger charge is -2.49. The molecule has 4 heterocycles. The minimum atomic E-state index is -1.25. The Kier molecular flexibility index (Phi) is 8.34. The van der Waals surface area contributed by atoms with E-state index in [1.165, 1.54) is 51.9 Å². The summed E-state index contributed by atoms with van der Waals surface area (Å²) in [4.78, 5) is 48.6. The van der Waals surface area contributed by atoms with Gasteiger partial charge in [-0.3, -0.25) is 14.5 Å². The Balaban J connectivity index is 1.28. The van der Waals surface area contributed by atoms with Crippen LogP contribution in [0.3, 0.4) is 0 Å². The van der Waals surface area contributed by atoms with Crippen LogP contribution in [0.25, 0.3) is 10.6 Å². The number of nitrogens with two attached hydrogens (primary N) is 1. The number of carbonyl (C=O) groups excluding carboxylic acids is 2. The van der Waals surface area contributed by atoms with E-state index in [1.807, 2.05) is 0 Å². The number of carboxylic acids is 1. The first-order valence-corrected chi connectivity index (χ1v) is 15.5. The van der Waals surface area contributed by atoms with E-state index in [4.69, 9.17) is 10.6 Å². The maximum atomic E-state index is 13.1. The van der Waals surface area contributed by atoms with E-state index < -0.39 is 29.2 Å². The number of nitrogen functional groups attached to an aromatic ring is 1. The number of nitrogens with zero attached hydrogens (tertiary/aromatic N) is 5. The van der Waals surface area contributed by atoms with Gasteiger partial charge in [0.05, 0.1) is 0 Å². The van der Waals surface area contributed by atoms with Crippen molar-refractivity contribution in [1.82, 2.24) is 25.4 Å². The lowest BCUT2D eigenvalue weighted by atomic mass is 10.0. The van der Waals surface area contributed by atoms with Gasteiger partial charge >= 0.3 is 5.97 Å². The number of aromatic hydroxyl groups is 2. The fraction of sp³-hybridized carbons (Fsp3) is 0.261. The molecule has 18 heteroatoms. The largest absolute Gasteiger partial charge is 0.504 e. The van der Waals surface area contributed by atoms with Crippen LogP contribution in [0, 0.1) is 0 Å². The summed E-state index contributed by atoms with van der Waals surface area (Å²) in [6.45, 7) is 1.90. The van der Waals surface area contributed by atoms with Crippen LogP contribution >= 0.6 is 46.2 Å². The molecule has 2 amide bonds. The summed E-state index contributed by atoms with van der Waals surface area (Å²) in [6.07, 6.45) is 0. The minimum Gasteiger partial charge on any atom is -0.504 e. The molecule has 1 aromatic carbocycles. The lowest BCUT2D eigenvalue weighted by molar-refractivity contribution is -0.150. The molecular formula is C23H21N7O7S4. The van der Waals surface area contributed by atoms with Crippen molar-refractivity contribution in [1.29, 1.82) is 0 Å². The lowest BCUT2D eigenvalue weighted by Crippen LogP contribution is -2.71. The van der Waals surface area contributed by atoms with Crippen molar-refractivity contribution in [2.24, 2.45) is 5.16 Å². The number of fused-ring (bicyclic) bond motifs is 1. The van der Waals surface area contributed by atoms with Crippen molar-refractivity contribution < 1.29 is 34.5 Å². The predicted octanol–water partition coefficient (Wildman–Crippen LogP) is 1.93. The van der Waals surface area contributed by atoms with Crippen molar-refractivity contribution in [3.05, 3.63) is 40.5 Å². The standard InChI is InChI=1S/C23H21N7O7S4/c1-2-37-29-14(11-8-39-22(24)25-11)17(33)26-15-19(34)30-16(21(35)36)10(6-38-20(15)30)7-40-23-28-27-18(41-23)9-3-4-12(31)13(32)5-9/h3-5,8,15,20,31-32H,2,6-7H2,1H3,(H2,24,25)(H,26,33)(H,35,36)/b29-14-/t15?,20-/m1/s1. The monoisotopic (exact) mass is 635 g/mol. The molecule has 2 atom stereocenters. The molecule has 0 radical (unpaired) electrons. The third-order valence-electron chi connectivity index (χ3n) is 5.80. The highest BCUT2D eigenvalue weighted by Crippen LogP contribution is 2.42. The van der Waals surface area contributed by atoms with Crippen molar-refractivity contribution in [3.63, 3.8) is 0 Å². The SMILES string of the molecule is CCO/N=C(\C(=O)NC1C(=O)N2C(C(=O)O)=C(CSc3nnc(-c4ccc(O)c(O)c4)s3)CS[C@H]12)c1csc(N)n1. The Morgan fingerprint density at radius 1 is 1.29 bits per heavy atom. The number of aromatic nitrogens is 3. The highest BCUT2D eigenvalue weighted by molar-refractivity contribution is 8.01. The van der Waals surface area contributed by atoms with Crippen LogP contribution in [0.4, 0.5) is 5.13 Å². The van der Waals surface area contributed by atoms with Gasteiger partial charge in [0.2, 0.25) is 0 Å². The summed E-state index contributed by atoms with van der Waals surface area (Å²) >= 11 is 4.96. The number of amides is 2. The van der Waals surface area contributed by atoms with Crippen LogP contribution in [0.15, 0.2) is 44.3 Å². The zero-order valence-electron chi connectivity index (χ0n) is 21.0. The quantitative estimate of drug-likeness (QED) is 0.0709. The molecule has 2 aliphatic heterocycles. The van der Waals surface area contributed by atoms with Gasteiger partial charge in [0.25, 0.3) is 11.8 Å². The summed E-state index contributed by atoms with van der Waals surface area (Å²) in [7, 11) is 0. The molecule has 2 aromatic heterocycles. The molecular weight excluding hydrogens is 615 g/mol. The number of thiazole rings is 1. The number of hydrogen-bond acceptors (Lipinski definition) is 15. The van der Waals surface area contributed by atoms with Gasteiger partial charge in [-0.05, 0) is 30.7 Å². The Hall–Kier alpha value is -3.87. The van der Waals surface area contributed by atoms with Gasteiger partial charge in [-0.2, -0.15) is 0 Å². The van der Waals surface area contributed by atoms with E-state index >= 15 is 0 Å². The number of benzene rings is 1.